The number of guanidine groups is 1. The van der Waals surface area contributed by atoms with Crippen molar-refractivity contribution in [1.29, 1.82) is 0 Å². The van der Waals surface area contributed by atoms with Crippen LogP contribution in [-0.2, 0) is 0 Å². The van der Waals surface area contributed by atoms with E-state index in [1.165, 1.54) is 5.56 Å². The third kappa shape index (κ3) is 4.25. The smallest absolute Gasteiger partial charge is 0.225 e. The van der Waals surface area contributed by atoms with Crippen molar-refractivity contribution in [2.75, 3.05) is 31.1 Å². The first-order valence-corrected chi connectivity index (χ1v) is 8.95. The summed E-state index contributed by atoms with van der Waals surface area (Å²) >= 11 is 0. The molecule has 0 amide bonds. The van der Waals surface area contributed by atoms with Gasteiger partial charge in [0.05, 0.1) is 6.04 Å². The number of hydrogen-bond acceptors (Lipinski definition) is 4. The number of nitrogens with zero attached hydrogens (tertiary/aromatic N) is 5. The largest absolute Gasteiger partial charge is 0.370 e. The van der Waals surface area contributed by atoms with Crippen molar-refractivity contribution in [3.63, 3.8) is 0 Å². The van der Waals surface area contributed by atoms with Gasteiger partial charge in [-0.25, -0.2) is 15.0 Å². The van der Waals surface area contributed by atoms with E-state index in [1.807, 2.05) is 6.07 Å². The van der Waals surface area contributed by atoms with Gasteiger partial charge in [0, 0.05) is 38.6 Å². The van der Waals surface area contributed by atoms with Crippen molar-refractivity contribution in [3.05, 3.63) is 54.4 Å². The average molecular weight is 464 g/mol. The van der Waals surface area contributed by atoms with Gasteiger partial charge in [0.1, 0.15) is 0 Å². The average Bonchev–Trinajstić information content (AvgIpc) is 2.66. The highest BCUT2D eigenvalue weighted by Gasteiger charge is 2.31. The number of halogens is 1. The topological polar surface area (TPSA) is 70.6 Å². The second-order valence-electron chi connectivity index (χ2n) is 6.74. The van der Waals surface area contributed by atoms with E-state index in [1.54, 1.807) is 12.4 Å². The molecule has 7 heteroatoms. The summed E-state index contributed by atoms with van der Waals surface area (Å²) in [6.45, 7) is 3.47. The predicted molar refractivity (Wildman–Crippen MR) is 115 cm³/mol. The van der Waals surface area contributed by atoms with Gasteiger partial charge in [-0.3, -0.25) is 0 Å². The Morgan fingerprint density at radius 3 is 2.27 bits per heavy atom. The van der Waals surface area contributed by atoms with Crippen LogP contribution in [0.5, 0.6) is 0 Å². The van der Waals surface area contributed by atoms with E-state index in [2.05, 4.69) is 50.1 Å². The van der Waals surface area contributed by atoms with E-state index < -0.39 is 0 Å². The van der Waals surface area contributed by atoms with Crippen molar-refractivity contribution in [3.8, 4) is 0 Å². The van der Waals surface area contributed by atoms with Gasteiger partial charge >= 0.3 is 0 Å². The standard InChI is InChI=1S/C19H24N6.HI/c20-18(23-17-13-16(14-17)15-5-2-1-3-6-15)24-9-11-25(12-10-24)19-21-7-4-8-22-19;/h1-8,16-17H,9-14H2,(H2,20,23);1H. The SMILES string of the molecule is I.NC(=NC1CC(c2ccccc2)C1)N1CCN(c2ncccn2)CC1. The van der Waals surface area contributed by atoms with Crippen LogP contribution in [-0.4, -0.2) is 53.0 Å². The molecular formula is C19H25IN6. The monoisotopic (exact) mass is 464 g/mol. The summed E-state index contributed by atoms with van der Waals surface area (Å²) in [6, 6.07) is 12.9. The molecule has 0 atom stereocenters. The Balaban J connectivity index is 0.00000196. The molecule has 2 heterocycles. The molecule has 4 rings (SSSR count). The summed E-state index contributed by atoms with van der Waals surface area (Å²) in [5.74, 6) is 2.11. The summed E-state index contributed by atoms with van der Waals surface area (Å²) in [7, 11) is 0. The third-order valence-corrected chi connectivity index (χ3v) is 5.14. The van der Waals surface area contributed by atoms with Crippen LogP contribution in [0.25, 0.3) is 0 Å². The van der Waals surface area contributed by atoms with Gasteiger partial charge in [0.25, 0.3) is 0 Å². The van der Waals surface area contributed by atoms with E-state index in [0.29, 0.717) is 17.9 Å². The lowest BCUT2D eigenvalue weighted by Crippen LogP contribution is -2.52. The molecule has 0 unspecified atom stereocenters. The van der Waals surface area contributed by atoms with Crippen LogP contribution in [0, 0.1) is 0 Å². The molecule has 2 aliphatic rings. The first-order chi connectivity index (χ1) is 12.3. The van der Waals surface area contributed by atoms with E-state index >= 15 is 0 Å². The molecule has 1 saturated carbocycles. The number of aromatic nitrogens is 2. The van der Waals surface area contributed by atoms with Gasteiger partial charge in [-0.1, -0.05) is 30.3 Å². The molecule has 2 aromatic rings. The number of benzene rings is 1. The highest BCUT2D eigenvalue weighted by molar-refractivity contribution is 14.0. The molecule has 1 aliphatic carbocycles. The Bertz CT molecular complexity index is 709. The van der Waals surface area contributed by atoms with Crippen LogP contribution >= 0.6 is 24.0 Å². The minimum atomic E-state index is 0. The number of aliphatic imine (C=N–C) groups is 1. The number of anilines is 1. The molecule has 0 bridgehead atoms. The van der Waals surface area contributed by atoms with Crippen molar-refractivity contribution in [2.45, 2.75) is 24.8 Å². The highest BCUT2D eigenvalue weighted by atomic mass is 127. The second kappa shape index (κ2) is 8.66. The highest BCUT2D eigenvalue weighted by Crippen LogP contribution is 2.38. The first-order valence-electron chi connectivity index (χ1n) is 8.95. The van der Waals surface area contributed by atoms with Crippen LogP contribution in [0.2, 0.25) is 0 Å². The van der Waals surface area contributed by atoms with Crippen molar-refractivity contribution in [1.82, 2.24) is 14.9 Å². The summed E-state index contributed by atoms with van der Waals surface area (Å²) in [5, 5.41) is 0. The molecule has 6 nitrogen and oxygen atoms in total. The van der Waals surface area contributed by atoms with E-state index in [-0.39, 0.29) is 24.0 Å². The predicted octanol–water partition coefficient (Wildman–Crippen LogP) is 2.48. The van der Waals surface area contributed by atoms with Gasteiger partial charge in [-0.15, -0.1) is 24.0 Å². The van der Waals surface area contributed by atoms with Gasteiger partial charge in [0.2, 0.25) is 5.95 Å². The molecule has 2 fully saturated rings. The molecule has 1 saturated heterocycles. The Labute approximate surface area is 171 Å². The summed E-state index contributed by atoms with van der Waals surface area (Å²) < 4.78 is 0. The quantitative estimate of drug-likeness (QED) is 0.430. The number of hydrogen-bond donors (Lipinski definition) is 1. The van der Waals surface area contributed by atoms with Crippen LogP contribution in [0.1, 0.15) is 24.3 Å². The van der Waals surface area contributed by atoms with Crippen LogP contribution in [0.4, 0.5) is 5.95 Å². The lowest BCUT2D eigenvalue weighted by atomic mass is 9.76. The second-order valence-corrected chi connectivity index (χ2v) is 6.74. The van der Waals surface area contributed by atoms with Crippen molar-refractivity contribution >= 4 is 35.9 Å². The molecule has 26 heavy (non-hydrogen) atoms. The molecule has 1 aliphatic heterocycles. The van der Waals surface area contributed by atoms with Crippen LogP contribution < -0.4 is 10.6 Å². The molecular weight excluding hydrogens is 439 g/mol. The molecule has 138 valence electrons. The zero-order valence-electron chi connectivity index (χ0n) is 14.7. The zero-order chi connectivity index (χ0) is 17.1. The van der Waals surface area contributed by atoms with E-state index in [4.69, 9.17) is 10.7 Å². The fourth-order valence-electron chi connectivity index (χ4n) is 3.55. The third-order valence-electron chi connectivity index (χ3n) is 5.14. The molecule has 1 aromatic carbocycles. The summed E-state index contributed by atoms with van der Waals surface area (Å²) in [6.07, 6.45) is 5.76. The Morgan fingerprint density at radius 2 is 1.62 bits per heavy atom. The molecule has 1 aromatic heterocycles. The van der Waals surface area contributed by atoms with E-state index in [0.717, 1.165) is 45.0 Å². The van der Waals surface area contributed by atoms with Gasteiger partial charge in [0.15, 0.2) is 5.96 Å². The molecule has 0 radical (unpaired) electrons. The number of piperazine rings is 1. The van der Waals surface area contributed by atoms with E-state index in [9.17, 15) is 0 Å². The summed E-state index contributed by atoms with van der Waals surface area (Å²) in [5.41, 5.74) is 7.67. The van der Waals surface area contributed by atoms with Gasteiger partial charge < -0.3 is 15.5 Å². The number of nitrogens with two attached hydrogens (primary N) is 1. The minimum absolute atomic E-state index is 0. The van der Waals surface area contributed by atoms with Crippen LogP contribution in [0.15, 0.2) is 53.8 Å². The van der Waals surface area contributed by atoms with Gasteiger partial charge in [-0.2, -0.15) is 0 Å². The fourth-order valence-corrected chi connectivity index (χ4v) is 3.55. The van der Waals surface area contributed by atoms with Gasteiger partial charge in [-0.05, 0) is 30.4 Å². The first kappa shape index (κ1) is 18.9. The number of rotatable bonds is 3. The lowest BCUT2D eigenvalue weighted by molar-refractivity contribution is 0.336. The zero-order valence-corrected chi connectivity index (χ0v) is 17.1. The fraction of sp³-hybridized carbons (Fsp3) is 0.421. The molecule has 0 spiro atoms. The maximum atomic E-state index is 6.25. The molecule has 2 N–H and O–H groups in total. The Kier molecular flexibility index (Phi) is 6.29. The Morgan fingerprint density at radius 1 is 0.962 bits per heavy atom. The van der Waals surface area contributed by atoms with Crippen molar-refractivity contribution < 1.29 is 0 Å². The lowest BCUT2D eigenvalue weighted by Gasteiger charge is -2.37. The maximum Gasteiger partial charge on any atom is 0.225 e. The van der Waals surface area contributed by atoms with Crippen molar-refractivity contribution in [2.24, 2.45) is 10.7 Å². The normalized spacial score (nSPS) is 23.2. The maximum absolute atomic E-state index is 6.25. The minimum Gasteiger partial charge on any atom is -0.370 e. The summed E-state index contributed by atoms with van der Waals surface area (Å²) in [4.78, 5) is 17.7. The Hall–Kier alpha value is -1.90. The van der Waals surface area contributed by atoms with Crippen LogP contribution in [0.3, 0.4) is 0 Å².